The Morgan fingerprint density at radius 1 is 0.825 bits per heavy atom. The molecule has 15 nitrogen and oxygen atoms in total. The molecule has 2 saturated heterocycles. The third-order valence-electron chi connectivity index (χ3n) is 11.1. The summed E-state index contributed by atoms with van der Waals surface area (Å²) >= 11 is 1.56. The SMILES string of the molecule is COC(=O)N[C@H](C(=O)N1CCC[C@H]1c1nc2c(ccc3cc(-c4nc5ccc6[nH]c([C@@H]7CCCN7C(=O)[C@@H](NS(C)(=O)=O)C(C)C)nc6c5s4)ccc32)[nH]1)C(C)C. The van der Waals surface area contributed by atoms with E-state index in [0.717, 1.165) is 91.4 Å². The Hall–Kier alpha value is -5.13. The van der Waals surface area contributed by atoms with Crippen LogP contribution in [0, 0.1) is 11.8 Å². The molecule has 3 amide bonds. The number of ether oxygens (including phenoxy) is 1. The molecule has 6 aromatic rings. The van der Waals surface area contributed by atoms with Gasteiger partial charge in [-0.3, -0.25) is 9.59 Å². The second-order valence-electron chi connectivity index (χ2n) is 15.8. The van der Waals surface area contributed by atoms with Crippen molar-refractivity contribution < 1.29 is 27.5 Å². The van der Waals surface area contributed by atoms with Crippen molar-refractivity contribution in [3.8, 4) is 10.6 Å². The molecule has 17 heteroatoms. The summed E-state index contributed by atoms with van der Waals surface area (Å²) in [7, 11) is -2.30. The zero-order valence-corrected chi connectivity index (χ0v) is 34.4. The highest BCUT2D eigenvalue weighted by atomic mass is 32.2. The van der Waals surface area contributed by atoms with Gasteiger partial charge in [0.2, 0.25) is 21.8 Å². The van der Waals surface area contributed by atoms with Crippen LogP contribution in [-0.2, 0) is 24.3 Å². The van der Waals surface area contributed by atoms with E-state index in [4.69, 9.17) is 19.7 Å². The van der Waals surface area contributed by atoms with E-state index >= 15 is 0 Å². The maximum atomic E-state index is 13.7. The third-order valence-corrected chi connectivity index (χ3v) is 12.9. The van der Waals surface area contributed by atoms with Crippen LogP contribution in [0.25, 0.3) is 53.6 Å². The summed E-state index contributed by atoms with van der Waals surface area (Å²) in [6, 6.07) is 12.1. The van der Waals surface area contributed by atoms with Gasteiger partial charge in [-0.1, -0.05) is 45.9 Å². The predicted octanol–water partition coefficient (Wildman–Crippen LogP) is 6.15. The molecule has 0 bridgehead atoms. The van der Waals surface area contributed by atoms with Crippen molar-refractivity contribution in [2.45, 2.75) is 77.5 Å². The number of sulfonamides is 1. The van der Waals surface area contributed by atoms with Gasteiger partial charge in [0.05, 0.1) is 52.2 Å². The van der Waals surface area contributed by atoms with Gasteiger partial charge in [-0.15, -0.1) is 11.3 Å². The van der Waals surface area contributed by atoms with Crippen molar-refractivity contribution in [1.82, 2.24) is 44.8 Å². The zero-order chi connectivity index (χ0) is 40.3. The lowest BCUT2D eigenvalue weighted by Crippen LogP contribution is -2.51. The molecule has 4 atom stereocenters. The van der Waals surface area contributed by atoms with E-state index in [-0.39, 0.29) is 35.7 Å². The molecule has 3 aromatic carbocycles. The standard InChI is InChI=1S/C40H47N9O6S2/c1-20(2)30(46-40(52)55-5)38(50)48-17-7-9-28(48)35-41-25-14-12-22-19-23(11-13-24(22)32(25)44-35)37-43-27-16-15-26-33(34(27)56-37)45-36(42-26)29-10-8-18-49(29)39(51)31(21(3)4)47-57(6,53)54/h11-16,19-21,28-31,47H,7-10,17-18H2,1-6H3,(H,41,44)(H,42,45)(H,46,52)/t28-,29-,30-,31-/m0/s1. The maximum Gasteiger partial charge on any atom is 0.407 e. The lowest BCUT2D eigenvalue weighted by atomic mass is 10.0. The summed E-state index contributed by atoms with van der Waals surface area (Å²) in [5.74, 6) is 0.653. The molecule has 4 N–H and O–H groups in total. The number of hydrogen-bond acceptors (Lipinski definition) is 10. The van der Waals surface area contributed by atoms with Gasteiger partial charge < -0.3 is 29.8 Å². The summed E-state index contributed by atoms with van der Waals surface area (Å²) in [4.78, 5) is 65.0. The second-order valence-corrected chi connectivity index (χ2v) is 18.6. The van der Waals surface area contributed by atoms with E-state index in [1.165, 1.54) is 7.11 Å². The summed E-state index contributed by atoms with van der Waals surface area (Å²) in [5.41, 5.74) is 5.11. The molecule has 57 heavy (non-hydrogen) atoms. The number of methoxy groups -OCH3 is 1. The number of nitrogens with zero attached hydrogens (tertiary/aromatic N) is 5. The van der Waals surface area contributed by atoms with Gasteiger partial charge >= 0.3 is 6.09 Å². The van der Waals surface area contributed by atoms with E-state index in [0.29, 0.717) is 18.9 Å². The number of rotatable bonds is 10. The first kappa shape index (κ1) is 38.7. The first-order valence-electron chi connectivity index (χ1n) is 19.4. The molecule has 3 aromatic heterocycles. The molecular weight excluding hydrogens is 767 g/mol. The highest BCUT2D eigenvalue weighted by Crippen LogP contribution is 2.39. The Morgan fingerprint density at radius 2 is 1.42 bits per heavy atom. The number of carbonyl (C=O) groups is 3. The predicted molar refractivity (Wildman–Crippen MR) is 220 cm³/mol. The zero-order valence-electron chi connectivity index (χ0n) is 32.8. The van der Waals surface area contributed by atoms with Crippen molar-refractivity contribution in [3.63, 3.8) is 0 Å². The average Bonchev–Trinajstić information content (AvgIpc) is 4.02. The minimum atomic E-state index is -3.58. The Balaban J connectivity index is 1.07. The number of carbonyl (C=O) groups excluding carboxylic acids is 3. The number of alkyl carbamates (subject to hydrolysis) is 1. The number of aromatic amines is 2. The molecule has 0 saturated carbocycles. The smallest absolute Gasteiger partial charge is 0.407 e. The van der Waals surface area contributed by atoms with Gasteiger partial charge in [-0.2, -0.15) is 0 Å². The van der Waals surface area contributed by atoms with Crippen LogP contribution in [-0.4, -0.2) is 99.6 Å². The number of nitrogens with one attached hydrogen (secondary N) is 4. The Kier molecular flexibility index (Phi) is 10.2. The minimum absolute atomic E-state index is 0.123. The Morgan fingerprint density at radius 3 is 2.04 bits per heavy atom. The first-order valence-corrected chi connectivity index (χ1v) is 22.1. The van der Waals surface area contributed by atoms with Crippen LogP contribution in [0.3, 0.4) is 0 Å². The summed E-state index contributed by atoms with van der Waals surface area (Å²) in [6.45, 7) is 8.57. The van der Waals surface area contributed by atoms with E-state index in [1.54, 1.807) is 16.2 Å². The third kappa shape index (κ3) is 7.32. The average molecular weight is 814 g/mol. The van der Waals surface area contributed by atoms with Crippen LogP contribution in [0.1, 0.15) is 77.1 Å². The van der Waals surface area contributed by atoms with Crippen LogP contribution < -0.4 is 10.0 Å². The highest BCUT2D eigenvalue weighted by molar-refractivity contribution is 7.88. The summed E-state index contributed by atoms with van der Waals surface area (Å²) in [5, 5.41) is 5.53. The van der Waals surface area contributed by atoms with Crippen LogP contribution in [0.2, 0.25) is 0 Å². The van der Waals surface area contributed by atoms with Crippen molar-refractivity contribution in [3.05, 3.63) is 54.1 Å². The van der Waals surface area contributed by atoms with Gasteiger partial charge in [0, 0.05) is 24.0 Å². The molecule has 8 rings (SSSR count). The van der Waals surface area contributed by atoms with Gasteiger partial charge in [0.25, 0.3) is 0 Å². The number of thiazole rings is 1. The van der Waals surface area contributed by atoms with Gasteiger partial charge in [-0.25, -0.2) is 32.9 Å². The van der Waals surface area contributed by atoms with Crippen molar-refractivity contribution in [2.75, 3.05) is 26.5 Å². The lowest BCUT2D eigenvalue weighted by molar-refractivity contribution is -0.136. The van der Waals surface area contributed by atoms with E-state index in [1.807, 2.05) is 50.8 Å². The number of fused-ring (bicyclic) bond motifs is 6. The van der Waals surface area contributed by atoms with Crippen LogP contribution in [0.15, 0.2) is 42.5 Å². The topological polar surface area (TPSA) is 195 Å². The second kappa shape index (κ2) is 15.0. The van der Waals surface area contributed by atoms with Crippen molar-refractivity contribution in [2.24, 2.45) is 11.8 Å². The quantitative estimate of drug-likeness (QED) is 0.125. The fourth-order valence-corrected chi connectivity index (χ4v) is 10.1. The highest BCUT2D eigenvalue weighted by Gasteiger charge is 2.39. The molecule has 0 unspecified atom stereocenters. The molecule has 0 aliphatic carbocycles. The number of likely N-dealkylation sites (tertiary alicyclic amines) is 2. The number of H-pyrrole nitrogens is 2. The number of imidazole rings is 2. The minimum Gasteiger partial charge on any atom is -0.453 e. The van der Waals surface area contributed by atoms with Gasteiger partial charge in [0.15, 0.2) is 0 Å². The molecule has 0 radical (unpaired) electrons. The maximum absolute atomic E-state index is 13.7. The molecule has 2 aliphatic rings. The fraction of sp³-hybridized carbons (Fsp3) is 0.450. The van der Waals surface area contributed by atoms with E-state index in [2.05, 4.69) is 44.3 Å². The summed E-state index contributed by atoms with van der Waals surface area (Å²) in [6.07, 6.45) is 3.54. The largest absolute Gasteiger partial charge is 0.453 e. The Labute approximate surface area is 334 Å². The van der Waals surface area contributed by atoms with E-state index < -0.39 is 28.2 Å². The van der Waals surface area contributed by atoms with Crippen LogP contribution >= 0.6 is 11.3 Å². The number of benzene rings is 3. The van der Waals surface area contributed by atoms with Crippen LogP contribution in [0.4, 0.5) is 4.79 Å². The van der Waals surface area contributed by atoms with Gasteiger partial charge in [-0.05, 0) is 67.2 Å². The molecular formula is C40H47N9O6S2. The lowest BCUT2D eigenvalue weighted by Gasteiger charge is -2.29. The first-order chi connectivity index (χ1) is 27.2. The monoisotopic (exact) mass is 813 g/mol. The Bertz CT molecular complexity index is 2650. The van der Waals surface area contributed by atoms with Crippen molar-refractivity contribution in [1.29, 1.82) is 0 Å². The molecule has 5 heterocycles. The van der Waals surface area contributed by atoms with Gasteiger partial charge in [0.1, 0.15) is 34.3 Å². The number of amides is 3. The number of hydrogen-bond donors (Lipinski definition) is 4. The summed E-state index contributed by atoms with van der Waals surface area (Å²) < 4.78 is 32.4. The molecule has 300 valence electrons. The molecule has 2 fully saturated rings. The molecule has 2 aliphatic heterocycles. The van der Waals surface area contributed by atoms with Crippen molar-refractivity contribution >= 4 is 82.3 Å². The van der Waals surface area contributed by atoms with E-state index in [9.17, 15) is 22.8 Å². The van der Waals surface area contributed by atoms with Crippen LogP contribution in [0.5, 0.6) is 0 Å². The molecule has 0 spiro atoms. The fourth-order valence-electron chi connectivity index (χ4n) is 8.26. The normalized spacial score (nSPS) is 18.8. The number of aromatic nitrogens is 5.